The lowest BCUT2D eigenvalue weighted by molar-refractivity contribution is -0.119. The molecule has 0 aliphatic rings. The number of hydrogen-bond acceptors (Lipinski definition) is 3. The highest BCUT2D eigenvalue weighted by Crippen LogP contribution is 2.21. The third-order valence-electron chi connectivity index (χ3n) is 3.95. The molecule has 0 radical (unpaired) electrons. The lowest BCUT2D eigenvalue weighted by Gasteiger charge is -2.11. The van der Waals surface area contributed by atoms with Crippen LogP contribution >= 0.6 is 27.5 Å². The van der Waals surface area contributed by atoms with Gasteiger partial charge in [-0.05, 0) is 41.9 Å². The number of nitrogens with one attached hydrogen (secondary N) is 1. The maximum Gasteiger partial charge on any atom is 0.250 e. The molecule has 9 heteroatoms. The fourth-order valence-electron chi connectivity index (χ4n) is 2.44. The molecule has 2 aromatic heterocycles. The Bertz CT molecular complexity index is 934. The van der Waals surface area contributed by atoms with Crippen LogP contribution in [0.25, 0.3) is 0 Å². The first-order chi connectivity index (χ1) is 12.3. The van der Waals surface area contributed by atoms with Gasteiger partial charge in [0.1, 0.15) is 11.9 Å². The van der Waals surface area contributed by atoms with Crippen molar-refractivity contribution in [2.45, 2.75) is 26.4 Å². The fraction of sp³-hybridized carbons (Fsp3) is 0.235. The quantitative estimate of drug-likeness (QED) is 0.647. The van der Waals surface area contributed by atoms with E-state index in [2.05, 4.69) is 31.4 Å². The summed E-state index contributed by atoms with van der Waals surface area (Å²) in [5.74, 6) is -0.261. The van der Waals surface area contributed by atoms with Gasteiger partial charge in [-0.2, -0.15) is 10.2 Å². The van der Waals surface area contributed by atoms with Crippen molar-refractivity contribution >= 4 is 39.3 Å². The number of anilines is 1. The molecule has 0 spiro atoms. The molecule has 0 bridgehead atoms. The number of aryl methyl sites for hydroxylation is 1. The summed E-state index contributed by atoms with van der Waals surface area (Å²) in [6.45, 7) is 3.73. The van der Waals surface area contributed by atoms with Gasteiger partial charge in [0.15, 0.2) is 5.82 Å². The Hall–Kier alpha value is -2.19. The van der Waals surface area contributed by atoms with Crippen LogP contribution < -0.4 is 5.32 Å². The summed E-state index contributed by atoms with van der Waals surface area (Å²) in [7, 11) is 0. The van der Waals surface area contributed by atoms with E-state index < -0.39 is 11.9 Å². The average Bonchev–Trinajstić information content (AvgIpc) is 3.16. The highest BCUT2D eigenvalue weighted by atomic mass is 79.9. The minimum Gasteiger partial charge on any atom is -0.307 e. The molecule has 0 aliphatic heterocycles. The Morgan fingerprint density at radius 1 is 1.46 bits per heavy atom. The minimum absolute atomic E-state index is 0.175. The number of carbonyl (C=O) groups is 1. The summed E-state index contributed by atoms with van der Waals surface area (Å²) in [5.41, 5.74) is 1.13. The average molecular weight is 441 g/mol. The molecule has 3 aromatic rings. The first-order valence-electron chi connectivity index (χ1n) is 7.83. The highest BCUT2D eigenvalue weighted by molar-refractivity contribution is 9.10. The van der Waals surface area contributed by atoms with Crippen LogP contribution in [0.2, 0.25) is 5.02 Å². The van der Waals surface area contributed by atoms with E-state index in [0.29, 0.717) is 16.4 Å². The van der Waals surface area contributed by atoms with Gasteiger partial charge in [0.05, 0.1) is 17.2 Å². The summed E-state index contributed by atoms with van der Waals surface area (Å²) in [6, 6.07) is 5.75. The smallest absolute Gasteiger partial charge is 0.250 e. The van der Waals surface area contributed by atoms with Gasteiger partial charge in [0, 0.05) is 28.5 Å². The molecule has 1 aromatic carbocycles. The molecule has 2 heterocycles. The topological polar surface area (TPSA) is 64.7 Å². The van der Waals surface area contributed by atoms with Gasteiger partial charge in [-0.3, -0.25) is 14.2 Å². The molecule has 1 amide bonds. The van der Waals surface area contributed by atoms with E-state index in [-0.39, 0.29) is 12.5 Å². The van der Waals surface area contributed by atoms with E-state index in [4.69, 9.17) is 11.6 Å². The zero-order valence-electron chi connectivity index (χ0n) is 14.1. The van der Waals surface area contributed by atoms with E-state index >= 15 is 0 Å². The number of halogens is 3. The number of hydrogen-bond donors (Lipinski definition) is 1. The van der Waals surface area contributed by atoms with Crippen LogP contribution in [0, 0.1) is 12.7 Å². The van der Waals surface area contributed by atoms with Gasteiger partial charge >= 0.3 is 0 Å². The first-order valence-corrected chi connectivity index (χ1v) is 9.00. The molecule has 0 saturated heterocycles. The van der Waals surface area contributed by atoms with Gasteiger partial charge in [0.25, 0.3) is 0 Å². The van der Waals surface area contributed by atoms with Crippen molar-refractivity contribution in [3.63, 3.8) is 0 Å². The van der Waals surface area contributed by atoms with Crippen LogP contribution in [0.1, 0.15) is 24.2 Å². The third-order valence-corrected chi connectivity index (χ3v) is 4.71. The fourth-order valence-corrected chi connectivity index (χ4v) is 2.97. The predicted molar refractivity (Wildman–Crippen MR) is 101 cm³/mol. The Kier molecular flexibility index (Phi) is 5.43. The number of benzene rings is 1. The van der Waals surface area contributed by atoms with Crippen LogP contribution in [0.4, 0.5) is 10.2 Å². The molecular formula is C17H16BrClFN5O. The normalized spacial score (nSPS) is 12.2. The number of nitrogens with zero attached hydrogens (tertiary/aromatic N) is 4. The van der Waals surface area contributed by atoms with Gasteiger partial charge in [-0.25, -0.2) is 4.39 Å². The van der Waals surface area contributed by atoms with Crippen molar-refractivity contribution in [3.05, 3.63) is 63.2 Å². The Morgan fingerprint density at radius 3 is 2.88 bits per heavy atom. The summed E-state index contributed by atoms with van der Waals surface area (Å²) in [6.07, 6.45) is 3.33. The van der Waals surface area contributed by atoms with Crippen molar-refractivity contribution in [1.82, 2.24) is 19.6 Å². The van der Waals surface area contributed by atoms with E-state index in [0.717, 1.165) is 10.2 Å². The zero-order chi connectivity index (χ0) is 18.8. The molecule has 0 saturated carbocycles. The van der Waals surface area contributed by atoms with Gasteiger partial charge < -0.3 is 5.32 Å². The summed E-state index contributed by atoms with van der Waals surface area (Å²) in [5, 5.41) is 11.5. The standard InChI is InChI=1S/C17H16BrClFN5O/c1-10-6-16(22-17(26)11(2)25-8-12(18)7-21-25)23-24(10)9-13-14(19)4-3-5-15(13)20/h3-8,11H,9H2,1-2H3,(H,22,23,26). The second-order valence-electron chi connectivity index (χ2n) is 5.83. The van der Waals surface area contributed by atoms with Crippen LogP contribution in [0.5, 0.6) is 0 Å². The Balaban J connectivity index is 1.75. The molecule has 3 rings (SSSR count). The van der Waals surface area contributed by atoms with Crippen LogP contribution in [-0.2, 0) is 11.3 Å². The maximum absolute atomic E-state index is 14.0. The van der Waals surface area contributed by atoms with Gasteiger partial charge in [-0.1, -0.05) is 17.7 Å². The third kappa shape index (κ3) is 3.96. The van der Waals surface area contributed by atoms with Crippen molar-refractivity contribution in [1.29, 1.82) is 0 Å². The number of rotatable bonds is 5. The summed E-state index contributed by atoms with van der Waals surface area (Å²) in [4.78, 5) is 12.4. The lowest BCUT2D eigenvalue weighted by atomic mass is 10.2. The van der Waals surface area contributed by atoms with Crippen molar-refractivity contribution in [3.8, 4) is 0 Å². The maximum atomic E-state index is 14.0. The highest BCUT2D eigenvalue weighted by Gasteiger charge is 2.18. The minimum atomic E-state index is -0.507. The van der Waals surface area contributed by atoms with E-state index in [9.17, 15) is 9.18 Å². The Morgan fingerprint density at radius 2 is 2.23 bits per heavy atom. The molecule has 1 N–H and O–H groups in total. The number of aromatic nitrogens is 4. The van der Waals surface area contributed by atoms with E-state index in [1.807, 2.05) is 6.92 Å². The zero-order valence-corrected chi connectivity index (χ0v) is 16.4. The first kappa shape index (κ1) is 18.6. The van der Waals surface area contributed by atoms with E-state index in [1.54, 1.807) is 46.9 Å². The molecule has 6 nitrogen and oxygen atoms in total. The molecule has 1 unspecified atom stereocenters. The van der Waals surface area contributed by atoms with Crippen molar-refractivity contribution in [2.75, 3.05) is 5.32 Å². The monoisotopic (exact) mass is 439 g/mol. The Labute approximate surface area is 163 Å². The van der Waals surface area contributed by atoms with Crippen LogP contribution in [0.3, 0.4) is 0 Å². The second kappa shape index (κ2) is 7.59. The second-order valence-corrected chi connectivity index (χ2v) is 7.16. The van der Waals surface area contributed by atoms with Crippen molar-refractivity contribution in [2.24, 2.45) is 0 Å². The van der Waals surface area contributed by atoms with E-state index in [1.165, 1.54) is 6.07 Å². The molecule has 26 heavy (non-hydrogen) atoms. The molecule has 1 atom stereocenters. The number of amides is 1. The van der Waals surface area contributed by atoms with Crippen molar-refractivity contribution < 1.29 is 9.18 Å². The summed E-state index contributed by atoms with van der Waals surface area (Å²) >= 11 is 9.37. The summed E-state index contributed by atoms with van der Waals surface area (Å²) < 4.78 is 17.9. The lowest BCUT2D eigenvalue weighted by Crippen LogP contribution is -2.24. The van der Waals surface area contributed by atoms with Gasteiger partial charge in [0.2, 0.25) is 5.91 Å². The number of carbonyl (C=O) groups excluding carboxylic acids is 1. The van der Waals surface area contributed by atoms with Crippen LogP contribution in [0.15, 0.2) is 41.1 Å². The SMILES string of the molecule is Cc1cc(NC(=O)C(C)n2cc(Br)cn2)nn1Cc1c(F)cccc1Cl. The van der Waals surface area contributed by atoms with Gasteiger partial charge in [-0.15, -0.1) is 0 Å². The molecule has 0 aliphatic carbocycles. The molecule has 136 valence electrons. The largest absolute Gasteiger partial charge is 0.307 e. The molecular weight excluding hydrogens is 425 g/mol. The molecule has 0 fully saturated rings. The predicted octanol–water partition coefficient (Wildman–Crippen LogP) is 4.19. The van der Waals surface area contributed by atoms with Crippen LogP contribution in [-0.4, -0.2) is 25.5 Å².